The van der Waals surface area contributed by atoms with Gasteiger partial charge in [-0.2, -0.15) is 5.26 Å². The van der Waals surface area contributed by atoms with Crippen LogP contribution in [0.4, 0.5) is 0 Å². The molecule has 25 heavy (non-hydrogen) atoms. The van der Waals surface area contributed by atoms with Crippen LogP contribution in [0.1, 0.15) is 32.8 Å². The lowest BCUT2D eigenvalue weighted by Crippen LogP contribution is -2.43. The van der Waals surface area contributed by atoms with E-state index in [1.807, 2.05) is 52.0 Å². The number of aryl methyl sites for hydroxylation is 1. The number of benzene rings is 1. The van der Waals surface area contributed by atoms with Crippen molar-refractivity contribution >= 4 is 11.9 Å². The Kier molecular flexibility index (Phi) is 9.44. The zero-order valence-corrected chi connectivity index (χ0v) is 15.0. The van der Waals surface area contributed by atoms with Crippen LogP contribution >= 0.6 is 0 Å². The van der Waals surface area contributed by atoms with Crippen LogP contribution in [-0.2, 0) is 9.59 Å². The smallest absolute Gasteiger partial charge is 0.306 e. The first-order valence-corrected chi connectivity index (χ1v) is 7.68. The fraction of sp³-hybridized carbons (Fsp3) is 0.421. The van der Waals surface area contributed by atoms with Crippen LogP contribution in [0.25, 0.3) is 0 Å². The Bertz CT molecular complexity index is 649. The number of rotatable bonds is 5. The summed E-state index contributed by atoms with van der Waals surface area (Å²) in [6.45, 7) is 7.67. The van der Waals surface area contributed by atoms with Gasteiger partial charge in [0.05, 0.1) is 19.1 Å². The Balaban J connectivity index is 0.000000463. The second-order valence-electron chi connectivity index (χ2n) is 6.28. The molecule has 1 amide bonds. The summed E-state index contributed by atoms with van der Waals surface area (Å²) in [4.78, 5) is 21.3. The van der Waals surface area contributed by atoms with Crippen molar-refractivity contribution in [3.63, 3.8) is 0 Å². The van der Waals surface area contributed by atoms with Gasteiger partial charge >= 0.3 is 5.97 Å². The molecular formula is C19H24N2O4. The van der Waals surface area contributed by atoms with E-state index in [1.165, 1.54) is 0 Å². The predicted octanol–water partition coefficient (Wildman–Crippen LogP) is 2.52. The van der Waals surface area contributed by atoms with E-state index in [0.717, 1.165) is 11.3 Å². The predicted molar refractivity (Wildman–Crippen MR) is 94.8 cm³/mol. The molecule has 0 heterocycles. The number of nitrogens with one attached hydrogen (secondary N) is 1. The van der Waals surface area contributed by atoms with Crippen molar-refractivity contribution < 1.29 is 19.4 Å². The first kappa shape index (κ1) is 22.0. The fourth-order valence-electron chi connectivity index (χ4n) is 1.57. The third-order valence-corrected chi connectivity index (χ3v) is 2.63. The average molecular weight is 344 g/mol. The first-order chi connectivity index (χ1) is 11.6. The molecule has 6 nitrogen and oxygen atoms in total. The van der Waals surface area contributed by atoms with Crippen molar-refractivity contribution in [1.82, 2.24) is 5.32 Å². The maximum Gasteiger partial charge on any atom is 0.306 e. The number of nitriles is 1. The summed E-state index contributed by atoms with van der Waals surface area (Å²) in [6.07, 6.45) is 5.01. The topological polar surface area (TPSA) is 99.4 Å². The van der Waals surface area contributed by atoms with Gasteiger partial charge in [-0.25, -0.2) is 0 Å². The molecule has 2 N–H and O–H groups in total. The van der Waals surface area contributed by atoms with E-state index < -0.39 is 17.8 Å². The van der Waals surface area contributed by atoms with Gasteiger partial charge in [-0.3, -0.25) is 9.59 Å². The van der Waals surface area contributed by atoms with Gasteiger partial charge in [-0.1, -0.05) is 18.1 Å². The minimum absolute atomic E-state index is 0.0357. The van der Waals surface area contributed by atoms with Crippen molar-refractivity contribution in [2.45, 2.75) is 39.7 Å². The molecule has 0 aromatic heterocycles. The van der Waals surface area contributed by atoms with Gasteiger partial charge in [0.2, 0.25) is 5.91 Å². The summed E-state index contributed by atoms with van der Waals surface area (Å²) in [7, 11) is 0. The summed E-state index contributed by atoms with van der Waals surface area (Å²) < 4.78 is 5.22. The summed E-state index contributed by atoms with van der Waals surface area (Å²) in [6, 6.07) is 9.26. The number of nitrogens with zero attached hydrogens (tertiary/aromatic N) is 1. The largest absolute Gasteiger partial charge is 0.493 e. The summed E-state index contributed by atoms with van der Waals surface area (Å²) >= 11 is 0. The Labute approximate surface area is 148 Å². The molecule has 1 aromatic rings. The number of hydrogen-bond donors (Lipinski definition) is 2. The normalized spacial score (nSPS) is 11.0. The van der Waals surface area contributed by atoms with E-state index in [2.05, 4.69) is 11.2 Å². The van der Waals surface area contributed by atoms with Gasteiger partial charge in [0.15, 0.2) is 5.92 Å². The van der Waals surface area contributed by atoms with Gasteiger partial charge in [-0.15, -0.1) is 6.42 Å². The number of terminal acetylenes is 1. The molecule has 1 rings (SSSR count). The summed E-state index contributed by atoms with van der Waals surface area (Å²) in [5.74, 6) is 0.592. The molecule has 6 heteroatoms. The second kappa shape index (κ2) is 10.7. The molecule has 0 aliphatic heterocycles. The molecule has 0 aliphatic carbocycles. The Morgan fingerprint density at radius 2 is 2.04 bits per heavy atom. The quantitative estimate of drug-likeness (QED) is 0.800. The standard InChI is InChI=1S/C10H12O3.C9H12N2O/c1-8-3-2-4-9(7-8)13-6-5-10(11)12;1-5-7(6-10)8(12)11-9(2,3)4/h2-4,7H,5-6H2,1H3,(H,11,12);1,7H,2-4H3,(H,11,12). The van der Waals surface area contributed by atoms with Crippen LogP contribution in [0.2, 0.25) is 0 Å². The third-order valence-electron chi connectivity index (χ3n) is 2.63. The Hall–Kier alpha value is -2.99. The molecule has 0 aliphatic rings. The lowest BCUT2D eigenvalue weighted by Gasteiger charge is -2.20. The lowest BCUT2D eigenvalue weighted by molar-refractivity contribution is -0.137. The summed E-state index contributed by atoms with van der Waals surface area (Å²) in [5.41, 5.74) is 0.760. The molecule has 0 radical (unpaired) electrons. The minimum atomic E-state index is -0.982. The van der Waals surface area contributed by atoms with E-state index >= 15 is 0 Å². The molecular weight excluding hydrogens is 320 g/mol. The fourth-order valence-corrected chi connectivity index (χ4v) is 1.57. The molecule has 0 spiro atoms. The Morgan fingerprint density at radius 1 is 1.40 bits per heavy atom. The SMILES string of the molecule is C#CC(C#N)C(=O)NC(C)(C)C.Cc1cccc(OCCC(=O)O)c1. The molecule has 134 valence electrons. The number of carbonyl (C=O) groups excluding carboxylic acids is 1. The van der Waals surface area contributed by atoms with Gasteiger partial charge < -0.3 is 15.2 Å². The third kappa shape index (κ3) is 11.2. The number of carbonyl (C=O) groups is 2. The van der Waals surface area contributed by atoms with Crippen molar-refractivity contribution in [2.24, 2.45) is 5.92 Å². The molecule has 0 saturated heterocycles. The van der Waals surface area contributed by atoms with Crippen LogP contribution in [0.15, 0.2) is 24.3 Å². The number of amides is 1. The number of carboxylic acids is 1. The molecule has 0 bridgehead atoms. The van der Waals surface area contributed by atoms with Crippen LogP contribution in [0.5, 0.6) is 5.75 Å². The minimum Gasteiger partial charge on any atom is -0.493 e. The van der Waals surface area contributed by atoms with E-state index in [1.54, 1.807) is 6.07 Å². The van der Waals surface area contributed by atoms with Gasteiger partial charge in [0.1, 0.15) is 5.75 Å². The van der Waals surface area contributed by atoms with E-state index in [-0.39, 0.29) is 18.6 Å². The number of carboxylic acid groups (broad SMARTS) is 1. The monoisotopic (exact) mass is 344 g/mol. The van der Waals surface area contributed by atoms with Crippen LogP contribution < -0.4 is 10.1 Å². The molecule has 1 atom stereocenters. The highest BCUT2D eigenvalue weighted by atomic mass is 16.5. The average Bonchev–Trinajstić information content (AvgIpc) is 2.47. The number of aliphatic carboxylic acids is 1. The maximum absolute atomic E-state index is 11.1. The summed E-state index contributed by atoms with van der Waals surface area (Å²) in [5, 5.41) is 19.4. The number of hydrogen-bond acceptors (Lipinski definition) is 4. The second-order valence-corrected chi connectivity index (χ2v) is 6.28. The van der Waals surface area contributed by atoms with Crippen molar-refractivity contribution in [1.29, 1.82) is 5.26 Å². The molecule has 1 aromatic carbocycles. The van der Waals surface area contributed by atoms with Crippen molar-refractivity contribution in [3.8, 4) is 24.2 Å². The van der Waals surface area contributed by atoms with Crippen LogP contribution in [0.3, 0.4) is 0 Å². The van der Waals surface area contributed by atoms with E-state index in [0.29, 0.717) is 0 Å². The van der Waals surface area contributed by atoms with Gasteiger partial charge in [-0.05, 0) is 45.4 Å². The zero-order chi connectivity index (χ0) is 19.5. The molecule has 1 unspecified atom stereocenters. The lowest BCUT2D eigenvalue weighted by atomic mass is 10.1. The van der Waals surface area contributed by atoms with Gasteiger partial charge in [0, 0.05) is 5.54 Å². The molecule has 0 saturated carbocycles. The zero-order valence-electron chi connectivity index (χ0n) is 15.0. The van der Waals surface area contributed by atoms with Crippen LogP contribution in [-0.4, -0.2) is 29.1 Å². The number of ether oxygens (including phenoxy) is 1. The van der Waals surface area contributed by atoms with E-state index in [9.17, 15) is 9.59 Å². The van der Waals surface area contributed by atoms with Crippen LogP contribution in [0, 0.1) is 36.5 Å². The van der Waals surface area contributed by atoms with Crippen molar-refractivity contribution in [3.05, 3.63) is 29.8 Å². The van der Waals surface area contributed by atoms with E-state index in [4.69, 9.17) is 21.5 Å². The first-order valence-electron chi connectivity index (χ1n) is 7.68. The van der Waals surface area contributed by atoms with Crippen molar-refractivity contribution in [2.75, 3.05) is 6.61 Å². The maximum atomic E-state index is 11.1. The highest BCUT2D eigenvalue weighted by molar-refractivity contribution is 5.84. The molecule has 0 fully saturated rings. The highest BCUT2D eigenvalue weighted by Crippen LogP contribution is 2.12. The highest BCUT2D eigenvalue weighted by Gasteiger charge is 2.20. The van der Waals surface area contributed by atoms with Gasteiger partial charge in [0.25, 0.3) is 0 Å². The Morgan fingerprint density at radius 3 is 2.48 bits per heavy atom.